The fourth-order valence-corrected chi connectivity index (χ4v) is 4.12. The van der Waals surface area contributed by atoms with E-state index in [2.05, 4.69) is 26.2 Å². The molecule has 0 bridgehead atoms. The Labute approximate surface area is 119 Å². The van der Waals surface area contributed by atoms with Gasteiger partial charge in [0.15, 0.2) is 4.60 Å². The second-order valence-corrected chi connectivity index (χ2v) is 6.38. The van der Waals surface area contributed by atoms with Crippen LogP contribution in [0.4, 0.5) is 0 Å². The van der Waals surface area contributed by atoms with Crippen LogP contribution in [0.25, 0.3) is 0 Å². The van der Waals surface area contributed by atoms with Gasteiger partial charge in [-0.1, -0.05) is 5.21 Å². The molecule has 0 saturated heterocycles. The summed E-state index contributed by atoms with van der Waals surface area (Å²) >= 11 is 8.70. The van der Waals surface area contributed by atoms with Crippen molar-refractivity contribution >= 4 is 37.6 Å². The Morgan fingerprint density at radius 2 is 2.17 bits per heavy atom. The summed E-state index contributed by atoms with van der Waals surface area (Å²) < 4.78 is 32.3. The molecular weight excluding hydrogens is 348 g/mol. The van der Waals surface area contributed by atoms with Crippen LogP contribution in [-0.4, -0.2) is 60.4 Å². The van der Waals surface area contributed by atoms with Crippen LogP contribution in [-0.2, 0) is 21.8 Å². The summed E-state index contributed by atoms with van der Waals surface area (Å²) in [5.74, 6) is 0.200. The number of hydrogen-bond acceptors (Lipinski definition) is 5. The van der Waals surface area contributed by atoms with Crippen LogP contribution in [0.1, 0.15) is 0 Å². The highest BCUT2D eigenvalue weighted by Crippen LogP contribution is 2.21. The summed E-state index contributed by atoms with van der Waals surface area (Å²) in [6, 6.07) is 0. The van der Waals surface area contributed by atoms with Gasteiger partial charge in [0.1, 0.15) is 0 Å². The number of nitrogens with zero attached hydrogens (tertiary/aromatic N) is 4. The minimum Gasteiger partial charge on any atom is -0.383 e. The first-order chi connectivity index (χ1) is 8.45. The minimum atomic E-state index is -3.69. The molecule has 0 amide bonds. The van der Waals surface area contributed by atoms with Crippen LogP contribution in [0.5, 0.6) is 0 Å². The number of hydrogen-bond donors (Lipinski definition) is 0. The van der Waals surface area contributed by atoms with Crippen molar-refractivity contribution in [1.82, 2.24) is 19.3 Å². The molecule has 18 heavy (non-hydrogen) atoms. The summed E-state index contributed by atoms with van der Waals surface area (Å²) in [5, 5.41) is 7.32. The second-order valence-electron chi connectivity index (χ2n) is 3.39. The molecule has 1 aromatic rings. The Morgan fingerprint density at radius 3 is 2.61 bits per heavy atom. The Bertz CT molecular complexity index is 473. The summed E-state index contributed by atoms with van der Waals surface area (Å²) in [4.78, 5) is 0. The summed E-state index contributed by atoms with van der Waals surface area (Å²) in [7, 11) is -0.673. The highest BCUT2D eigenvalue weighted by molar-refractivity contribution is 9.10. The lowest BCUT2D eigenvalue weighted by atomic mass is 10.6. The van der Waals surface area contributed by atoms with Crippen molar-refractivity contribution in [2.75, 3.05) is 32.7 Å². The number of alkyl halides is 1. The molecule has 1 aromatic heterocycles. The average Bonchev–Trinajstić information content (AvgIpc) is 2.64. The zero-order valence-corrected chi connectivity index (χ0v) is 13.2. The van der Waals surface area contributed by atoms with Gasteiger partial charge in [-0.15, -0.1) is 16.7 Å². The molecule has 0 saturated carbocycles. The first-order valence-electron chi connectivity index (χ1n) is 5.05. The van der Waals surface area contributed by atoms with Crippen molar-refractivity contribution in [2.45, 2.75) is 5.03 Å². The average molecular weight is 362 g/mol. The normalized spacial score (nSPS) is 12.3. The van der Waals surface area contributed by atoms with Crippen molar-refractivity contribution in [3.05, 3.63) is 4.60 Å². The van der Waals surface area contributed by atoms with Gasteiger partial charge in [-0.05, 0) is 15.9 Å². The standard InChI is InChI=1S/C8H14BrClN4O3S/c1-13-8(7(9)11-12-13)18(15,16)14(4-3-10)5-6-17-2/h3-6H2,1-2H3. The summed E-state index contributed by atoms with van der Waals surface area (Å²) in [6.07, 6.45) is 0. The Hall–Kier alpha value is -0.220. The van der Waals surface area contributed by atoms with E-state index in [1.165, 1.54) is 23.1 Å². The molecule has 0 aliphatic rings. The number of methoxy groups -OCH3 is 1. The quantitative estimate of drug-likeness (QED) is 0.659. The van der Waals surface area contributed by atoms with Gasteiger partial charge in [0, 0.05) is 33.1 Å². The molecule has 0 unspecified atom stereocenters. The number of sulfonamides is 1. The largest absolute Gasteiger partial charge is 0.383 e. The Morgan fingerprint density at radius 1 is 1.50 bits per heavy atom. The van der Waals surface area contributed by atoms with Crippen molar-refractivity contribution in [1.29, 1.82) is 0 Å². The van der Waals surface area contributed by atoms with Crippen molar-refractivity contribution < 1.29 is 13.2 Å². The van der Waals surface area contributed by atoms with Gasteiger partial charge in [-0.2, -0.15) is 4.31 Å². The molecule has 0 spiro atoms. The number of aryl methyl sites for hydroxylation is 1. The molecule has 0 N–H and O–H groups in total. The third-order valence-electron chi connectivity index (χ3n) is 2.20. The molecule has 1 heterocycles. The van der Waals surface area contributed by atoms with Crippen LogP contribution in [0, 0.1) is 0 Å². The maximum Gasteiger partial charge on any atom is 0.263 e. The second kappa shape index (κ2) is 6.80. The maximum absolute atomic E-state index is 12.4. The van der Waals surface area contributed by atoms with E-state index < -0.39 is 10.0 Å². The molecule has 0 radical (unpaired) electrons. The van der Waals surface area contributed by atoms with Gasteiger partial charge in [-0.3, -0.25) is 0 Å². The van der Waals surface area contributed by atoms with Gasteiger partial charge >= 0.3 is 0 Å². The molecule has 0 aromatic carbocycles. The SMILES string of the molecule is COCCN(CCCl)S(=O)(=O)c1c(Br)nnn1C. The van der Waals surface area contributed by atoms with Crippen molar-refractivity contribution in [3.8, 4) is 0 Å². The Balaban J connectivity index is 3.09. The van der Waals surface area contributed by atoms with Gasteiger partial charge in [-0.25, -0.2) is 13.1 Å². The zero-order chi connectivity index (χ0) is 13.8. The summed E-state index contributed by atoms with van der Waals surface area (Å²) in [5.41, 5.74) is 0. The number of aromatic nitrogens is 3. The van der Waals surface area contributed by atoms with Gasteiger partial charge in [0.25, 0.3) is 10.0 Å². The first-order valence-corrected chi connectivity index (χ1v) is 7.82. The van der Waals surface area contributed by atoms with E-state index in [0.29, 0.717) is 6.61 Å². The molecule has 1 rings (SSSR count). The summed E-state index contributed by atoms with van der Waals surface area (Å²) in [6.45, 7) is 0.715. The molecule has 0 aliphatic carbocycles. The molecule has 0 fully saturated rings. The van der Waals surface area contributed by atoms with Crippen LogP contribution < -0.4 is 0 Å². The molecule has 10 heteroatoms. The first kappa shape index (κ1) is 15.8. The monoisotopic (exact) mass is 360 g/mol. The van der Waals surface area contributed by atoms with E-state index in [9.17, 15) is 8.42 Å². The highest BCUT2D eigenvalue weighted by Gasteiger charge is 2.30. The molecule has 0 atom stereocenters. The van der Waals surface area contributed by atoms with Gasteiger partial charge in [0.2, 0.25) is 5.03 Å². The van der Waals surface area contributed by atoms with E-state index in [0.717, 1.165) is 0 Å². The zero-order valence-electron chi connectivity index (χ0n) is 10.0. The van der Waals surface area contributed by atoms with E-state index in [4.69, 9.17) is 16.3 Å². The third kappa shape index (κ3) is 3.41. The highest BCUT2D eigenvalue weighted by atomic mass is 79.9. The fraction of sp³-hybridized carbons (Fsp3) is 0.750. The van der Waals surface area contributed by atoms with Crippen molar-refractivity contribution in [3.63, 3.8) is 0 Å². The number of rotatable bonds is 7. The maximum atomic E-state index is 12.4. The third-order valence-corrected chi connectivity index (χ3v) is 5.16. The van der Waals surface area contributed by atoms with E-state index in [1.807, 2.05) is 0 Å². The lowest BCUT2D eigenvalue weighted by Gasteiger charge is -2.20. The van der Waals surface area contributed by atoms with E-state index >= 15 is 0 Å². The number of halogens is 2. The fourth-order valence-electron chi connectivity index (χ4n) is 1.36. The molecule has 7 nitrogen and oxygen atoms in total. The lowest BCUT2D eigenvalue weighted by molar-refractivity contribution is 0.180. The van der Waals surface area contributed by atoms with Gasteiger partial charge in [0.05, 0.1) is 6.61 Å². The van der Waals surface area contributed by atoms with Gasteiger partial charge < -0.3 is 4.74 Å². The molecule has 104 valence electrons. The molecular formula is C8H14BrClN4O3S. The smallest absolute Gasteiger partial charge is 0.263 e. The lowest BCUT2D eigenvalue weighted by Crippen LogP contribution is -2.36. The van der Waals surface area contributed by atoms with E-state index in [-0.39, 0.29) is 28.6 Å². The Kier molecular flexibility index (Phi) is 5.99. The molecule has 0 aliphatic heterocycles. The van der Waals surface area contributed by atoms with E-state index in [1.54, 1.807) is 0 Å². The van der Waals surface area contributed by atoms with Crippen LogP contribution in [0.2, 0.25) is 0 Å². The topological polar surface area (TPSA) is 77.3 Å². The van der Waals surface area contributed by atoms with Crippen LogP contribution in [0.3, 0.4) is 0 Å². The van der Waals surface area contributed by atoms with Crippen LogP contribution >= 0.6 is 27.5 Å². The predicted molar refractivity (Wildman–Crippen MR) is 70.1 cm³/mol. The number of ether oxygens (including phenoxy) is 1. The van der Waals surface area contributed by atoms with Crippen molar-refractivity contribution in [2.24, 2.45) is 7.05 Å². The van der Waals surface area contributed by atoms with Crippen LogP contribution in [0.15, 0.2) is 9.63 Å². The predicted octanol–water partition coefficient (Wildman–Crippen LogP) is 0.454. The minimum absolute atomic E-state index is 0.00344.